The normalized spacial score (nSPS) is 23.5. The van der Waals surface area contributed by atoms with E-state index in [2.05, 4.69) is 0 Å². The van der Waals surface area contributed by atoms with Crippen LogP contribution in [0.5, 0.6) is 0 Å². The van der Waals surface area contributed by atoms with Crippen molar-refractivity contribution in [1.29, 1.82) is 0 Å². The maximum Gasteiger partial charge on any atom is 0.305 e. The summed E-state index contributed by atoms with van der Waals surface area (Å²) in [7, 11) is 0. The smallest absolute Gasteiger partial charge is 0.305 e. The molecule has 3 nitrogen and oxygen atoms in total. The number of hydrogen-bond acceptors (Lipinski definition) is 3. The lowest BCUT2D eigenvalue weighted by Gasteiger charge is -2.24. The predicted molar refractivity (Wildman–Crippen MR) is 61.9 cm³/mol. The van der Waals surface area contributed by atoms with Gasteiger partial charge in [-0.05, 0) is 32.8 Å². The van der Waals surface area contributed by atoms with E-state index in [4.69, 9.17) is 4.74 Å². The van der Waals surface area contributed by atoms with E-state index < -0.39 is 5.41 Å². The first-order valence-electron chi connectivity index (χ1n) is 5.64. The second-order valence-corrected chi connectivity index (χ2v) is 4.16. The van der Waals surface area contributed by atoms with E-state index >= 15 is 0 Å². The highest BCUT2D eigenvalue weighted by atomic mass is 16.5. The zero-order valence-corrected chi connectivity index (χ0v) is 9.86. The van der Waals surface area contributed by atoms with Gasteiger partial charge in [-0.25, -0.2) is 0 Å². The Labute approximate surface area is 96.2 Å². The lowest BCUT2D eigenvalue weighted by molar-refractivity contribution is -0.143. The van der Waals surface area contributed by atoms with Crippen molar-refractivity contribution >= 4 is 11.8 Å². The van der Waals surface area contributed by atoms with E-state index in [1.165, 1.54) is 0 Å². The monoisotopic (exact) mass is 222 g/mol. The minimum absolute atomic E-state index is 0.110. The summed E-state index contributed by atoms with van der Waals surface area (Å²) in [4.78, 5) is 22.8. The summed E-state index contributed by atoms with van der Waals surface area (Å²) in [6.07, 6.45) is 8.87. The van der Waals surface area contributed by atoms with Crippen LogP contribution in [0.4, 0.5) is 0 Å². The maximum atomic E-state index is 11.7. The molecule has 0 radical (unpaired) electrons. The van der Waals surface area contributed by atoms with Crippen molar-refractivity contribution in [2.75, 3.05) is 6.61 Å². The van der Waals surface area contributed by atoms with E-state index in [1.807, 2.05) is 19.1 Å². The quantitative estimate of drug-likeness (QED) is 0.671. The lowest BCUT2D eigenvalue weighted by atomic mass is 9.78. The Balaban J connectivity index is 2.37. The first kappa shape index (κ1) is 12.7. The van der Waals surface area contributed by atoms with Gasteiger partial charge in [0.15, 0.2) is 5.78 Å². The number of rotatable bonds is 5. The van der Waals surface area contributed by atoms with Crippen LogP contribution in [0.25, 0.3) is 0 Å². The molecule has 0 aromatic rings. The van der Waals surface area contributed by atoms with Gasteiger partial charge in [0.05, 0.1) is 6.61 Å². The number of esters is 1. The molecule has 0 bridgehead atoms. The van der Waals surface area contributed by atoms with Crippen LogP contribution in [0.3, 0.4) is 0 Å². The Kier molecular flexibility index (Phi) is 4.47. The molecule has 0 saturated heterocycles. The summed E-state index contributed by atoms with van der Waals surface area (Å²) in [6, 6.07) is 0. The van der Waals surface area contributed by atoms with Crippen LogP contribution in [0.1, 0.15) is 33.1 Å². The third-order valence-corrected chi connectivity index (χ3v) is 2.77. The van der Waals surface area contributed by atoms with Crippen LogP contribution in [-0.4, -0.2) is 18.4 Å². The Morgan fingerprint density at radius 1 is 1.44 bits per heavy atom. The number of carbonyl (C=O) groups excluding carboxylic acids is 2. The van der Waals surface area contributed by atoms with Crippen LogP contribution in [0, 0.1) is 5.41 Å². The first-order valence-corrected chi connectivity index (χ1v) is 5.64. The lowest BCUT2D eigenvalue weighted by Crippen LogP contribution is -2.25. The predicted octanol–water partition coefficient (Wildman–Crippen LogP) is 2.42. The largest absolute Gasteiger partial charge is 0.466 e. The van der Waals surface area contributed by atoms with Gasteiger partial charge in [0.25, 0.3) is 0 Å². The molecule has 0 aliphatic heterocycles. The molecule has 3 heteroatoms. The Morgan fingerprint density at radius 2 is 2.19 bits per heavy atom. The Morgan fingerprint density at radius 3 is 2.81 bits per heavy atom. The fourth-order valence-electron chi connectivity index (χ4n) is 1.72. The number of allylic oxidation sites excluding steroid dienone is 4. The van der Waals surface area contributed by atoms with E-state index in [9.17, 15) is 9.59 Å². The molecule has 0 amide bonds. The van der Waals surface area contributed by atoms with Crippen molar-refractivity contribution in [2.24, 2.45) is 5.41 Å². The van der Waals surface area contributed by atoms with Crippen LogP contribution in [0.2, 0.25) is 0 Å². The Bertz CT molecular complexity index is 328. The average Bonchev–Trinajstić information content (AvgIpc) is 2.23. The van der Waals surface area contributed by atoms with Gasteiger partial charge in [0, 0.05) is 11.8 Å². The molecule has 1 unspecified atom stereocenters. The van der Waals surface area contributed by atoms with Crippen LogP contribution < -0.4 is 0 Å². The molecule has 0 aromatic carbocycles. The second kappa shape index (κ2) is 5.64. The molecule has 0 fully saturated rings. The molecule has 0 spiro atoms. The molecule has 0 aromatic heterocycles. The molecule has 1 atom stereocenters. The molecular formula is C13H18O3. The fourth-order valence-corrected chi connectivity index (χ4v) is 1.72. The molecule has 0 saturated carbocycles. The van der Waals surface area contributed by atoms with E-state index in [1.54, 1.807) is 19.1 Å². The molecule has 88 valence electrons. The Hall–Kier alpha value is -1.38. The van der Waals surface area contributed by atoms with Gasteiger partial charge in [-0.2, -0.15) is 0 Å². The van der Waals surface area contributed by atoms with Crippen molar-refractivity contribution in [1.82, 2.24) is 0 Å². The highest BCUT2D eigenvalue weighted by Gasteiger charge is 2.29. The standard InChI is InChI=1S/C13H18O3/c1-3-16-12(15)8-6-10-13(2)9-5-4-7-11(13)14/h4-5,7,9H,3,6,8,10H2,1-2H3. The topological polar surface area (TPSA) is 43.4 Å². The first-order chi connectivity index (χ1) is 7.58. The van der Waals surface area contributed by atoms with E-state index in [0.717, 1.165) is 0 Å². The minimum atomic E-state index is -0.443. The van der Waals surface area contributed by atoms with Gasteiger partial charge in [-0.3, -0.25) is 9.59 Å². The maximum absolute atomic E-state index is 11.7. The number of hydrogen-bond donors (Lipinski definition) is 0. The van der Waals surface area contributed by atoms with Crippen molar-refractivity contribution in [3.63, 3.8) is 0 Å². The van der Waals surface area contributed by atoms with Crippen molar-refractivity contribution in [3.05, 3.63) is 24.3 Å². The number of ketones is 1. The zero-order chi connectivity index (χ0) is 12.0. The van der Waals surface area contributed by atoms with Crippen molar-refractivity contribution in [3.8, 4) is 0 Å². The fraction of sp³-hybridized carbons (Fsp3) is 0.538. The molecule has 1 rings (SSSR count). The highest BCUT2D eigenvalue weighted by molar-refractivity contribution is 5.97. The summed E-state index contributed by atoms with van der Waals surface area (Å²) < 4.78 is 4.84. The number of ether oxygens (including phenoxy) is 1. The van der Waals surface area contributed by atoms with Gasteiger partial charge in [0.1, 0.15) is 0 Å². The highest BCUT2D eigenvalue weighted by Crippen LogP contribution is 2.29. The minimum Gasteiger partial charge on any atom is -0.466 e. The van der Waals surface area contributed by atoms with Gasteiger partial charge >= 0.3 is 5.97 Å². The van der Waals surface area contributed by atoms with Gasteiger partial charge in [-0.1, -0.05) is 18.2 Å². The number of carbonyl (C=O) groups is 2. The second-order valence-electron chi connectivity index (χ2n) is 4.16. The molecule has 16 heavy (non-hydrogen) atoms. The average molecular weight is 222 g/mol. The zero-order valence-electron chi connectivity index (χ0n) is 9.86. The summed E-state index contributed by atoms with van der Waals surface area (Å²) >= 11 is 0. The SMILES string of the molecule is CCOC(=O)CCCC1(C)C=CC=CC1=O. The molecule has 1 aliphatic carbocycles. The van der Waals surface area contributed by atoms with Gasteiger partial charge < -0.3 is 4.74 Å². The van der Waals surface area contributed by atoms with E-state index in [0.29, 0.717) is 25.9 Å². The van der Waals surface area contributed by atoms with Crippen LogP contribution >= 0.6 is 0 Å². The molecule has 0 heterocycles. The summed E-state index contributed by atoms with van der Waals surface area (Å²) in [5.41, 5.74) is -0.443. The van der Waals surface area contributed by atoms with Gasteiger partial charge in [0.2, 0.25) is 0 Å². The summed E-state index contributed by atoms with van der Waals surface area (Å²) in [5, 5.41) is 0. The molecule has 1 aliphatic rings. The van der Waals surface area contributed by atoms with E-state index in [-0.39, 0.29) is 11.8 Å². The third kappa shape index (κ3) is 3.33. The molecular weight excluding hydrogens is 204 g/mol. The van der Waals surface area contributed by atoms with Crippen molar-refractivity contribution in [2.45, 2.75) is 33.1 Å². The molecule has 0 N–H and O–H groups in total. The van der Waals surface area contributed by atoms with Crippen molar-refractivity contribution < 1.29 is 14.3 Å². The third-order valence-electron chi connectivity index (χ3n) is 2.77. The van der Waals surface area contributed by atoms with Gasteiger partial charge in [-0.15, -0.1) is 0 Å². The van der Waals surface area contributed by atoms with Crippen LogP contribution in [0.15, 0.2) is 24.3 Å². The summed E-state index contributed by atoms with van der Waals surface area (Å²) in [6.45, 7) is 4.11. The summed E-state index contributed by atoms with van der Waals surface area (Å²) in [5.74, 6) is -0.0762. The van der Waals surface area contributed by atoms with Crippen LogP contribution in [-0.2, 0) is 14.3 Å².